The molecular weight excluding hydrogens is 264 g/mol. The lowest BCUT2D eigenvalue weighted by molar-refractivity contribution is -0.240. The van der Waals surface area contributed by atoms with E-state index in [1.165, 1.54) is 0 Å². The molecule has 2 heterocycles. The van der Waals surface area contributed by atoms with E-state index in [1.54, 1.807) is 12.4 Å². The van der Waals surface area contributed by atoms with Crippen LogP contribution in [-0.2, 0) is 10.5 Å². The number of hydrogen-bond acceptors (Lipinski definition) is 4. The number of hydrogen-bond donors (Lipinski definition) is 1. The standard InChI is InChI=1S/C17H20N2O2/c1-19-12-5-13-21-17(19,15-8-10-18-11-9-15)16(20)14-6-3-2-4-7-14/h2-4,6-11,16,20H,5,12-13H2,1H3. The second-order valence-corrected chi connectivity index (χ2v) is 5.37. The van der Waals surface area contributed by atoms with E-state index >= 15 is 0 Å². The van der Waals surface area contributed by atoms with Gasteiger partial charge in [0.15, 0.2) is 5.72 Å². The molecule has 0 saturated carbocycles. The minimum Gasteiger partial charge on any atom is -0.384 e. The lowest BCUT2D eigenvalue weighted by atomic mass is 9.89. The molecule has 21 heavy (non-hydrogen) atoms. The first kappa shape index (κ1) is 14.2. The Morgan fingerprint density at radius 1 is 1.19 bits per heavy atom. The van der Waals surface area contributed by atoms with Gasteiger partial charge in [-0.25, -0.2) is 0 Å². The van der Waals surface area contributed by atoms with Gasteiger partial charge in [0.1, 0.15) is 6.10 Å². The molecule has 3 rings (SSSR count). The summed E-state index contributed by atoms with van der Waals surface area (Å²) in [4.78, 5) is 6.16. The topological polar surface area (TPSA) is 45.6 Å². The molecule has 4 heteroatoms. The fourth-order valence-electron chi connectivity index (χ4n) is 3.01. The number of benzene rings is 1. The van der Waals surface area contributed by atoms with Crippen LogP contribution in [0.15, 0.2) is 54.9 Å². The third-order valence-electron chi connectivity index (χ3n) is 4.11. The Kier molecular flexibility index (Phi) is 4.01. The van der Waals surface area contributed by atoms with E-state index in [0.29, 0.717) is 6.61 Å². The van der Waals surface area contributed by atoms with Crippen LogP contribution in [0.5, 0.6) is 0 Å². The van der Waals surface area contributed by atoms with E-state index < -0.39 is 11.8 Å². The van der Waals surface area contributed by atoms with E-state index in [4.69, 9.17) is 4.74 Å². The molecule has 0 aliphatic carbocycles. The number of pyridine rings is 1. The molecule has 1 N–H and O–H groups in total. The van der Waals surface area contributed by atoms with Crippen LogP contribution in [-0.4, -0.2) is 35.2 Å². The van der Waals surface area contributed by atoms with Crippen molar-refractivity contribution >= 4 is 0 Å². The molecule has 0 bridgehead atoms. The molecule has 110 valence electrons. The highest BCUT2D eigenvalue weighted by Gasteiger charge is 2.47. The number of likely N-dealkylation sites (N-methyl/N-ethyl adjacent to an activating group) is 1. The molecule has 1 fully saturated rings. The number of aliphatic hydroxyl groups excluding tert-OH is 1. The SMILES string of the molecule is CN1CCCOC1(c1ccncc1)C(O)c1ccccc1. The van der Waals surface area contributed by atoms with Crippen LogP contribution in [0, 0.1) is 0 Å². The van der Waals surface area contributed by atoms with Crippen molar-refractivity contribution in [3.63, 3.8) is 0 Å². The maximum atomic E-state index is 11.0. The number of aromatic nitrogens is 1. The van der Waals surface area contributed by atoms with Crippen molar-refractivity contribution in [2.24, 2.45) is 0 Å². The zero-order chi connectivity index (χ0) is 14.7. The van der Waals surface area contributed by atoms with Gasteiger partial charge in [-0.2, -0.15) is 0 Å². The van der Waals surface area contributed by atoms with Crippen LogP contribution in [0.4, 0.5) is 0 Å². The van der Waals surface area contributed by atoms with Crippen LogP contribution in [0.2, 0.25) is 0 Å². The highest BCUT2D eigenvalue weighted by atomic mass is 16.5. The quantitative estimate of drug-likeness (QED) is 0.939. The summed E-state index contributed by atoms with van der Waals surface area (Å²) in [5.41, 5.74) is 0.918. The van der Waals surface area contributed by atoms with Crippen molar-refractivity contribution in [1.82, 2.24) is 9.88 Å². The Morgan fingerprint density at radius 3 is 2.57 bits per heavy atom. The van der Waals surface area contributed by atoms with Gasteiger partial charge in [0.25, 0.3) is 0 Å². The van der Waals surface area contributed by atoms with E-state index in [1.807, 2.05) is 49.5 Å². The van der Waals surface area contributed by atoms with Gasteiger partial charge in [0.05, 0.1) is 6.61 Å². The van der Waals surface area contributed by atoms with Crippen molar-refractivity contribution in [1.29, 1.82) is 0 Å². The monoisotopic (exact) mass is 284 g/mol. The number of nitrogens with zero attached hydrogens (tertiary/aromatic N) is 2. The molecule has 2 atom stereocenters. The third-order valence-corrected chi connectivity index (χ3v) is 4.11. The number of ether oxygens (including phenoxy) is 1. The van der Waals surface area contributed by atoms with Gasteiger partial charge < -0.3 is 9.84 Å². The summed E-state index contributed by atoms with van der Waals surface area (Å²) in [6.07, 6.45) is 3.68. The molecule has 2 aromatic rings. The average molecular weight is 284 g/mol. The van der Waals surface area contributed by atoms with Gasteiger partial charge in [-0.05, 0) is 31.2 Å². The van der Waals surface area contributed by atoms with Gasteiger partial charge >= 0.3 is 0 Å². The first-order valence-electron chi connectivity index (χ1n) is 7.24. The Balaban J connectivity index is 2.08. The van der Waals surface area contributed by atoms with Gasteiger partial charge in [-0.3, -0.25) is 9.88 Å². The molecule has 1 aromatic heterocycles. The van der Waals surface area contributed by atoms with Crippen molar-refractivity contribution in [2.45, 2.75) is 18.2 Å². The molecule has 1 saturated heterocycles. The third kappa shape index (κ3) is 2.46. The Labute approximate surface area is 125 Å². The largest absolute Gasteiger partial charge is 0.384 e. The highest BCUT2D eigenvalue weighted by Crippen LogP contribution is 2.42. The van der Waals surface area contributed by atoms with Crippen molar-refractivity contribution in [3.8, 4) is 0 Å². The molecular formula is C17H20N2O2. The van der Waals surface area contributed by atoms with Crippen molar-refractivity contribution in [2.75, 3.05) is 20.2 Å². The van der Waals surface area contributed by atoms with Crippen molar-refractivity contribution in [3.05, 3.63) is 66.0 Å². The maximum Gasteiger partial charge on any atom is 0.177 e. The lowest BCUT2D eigenvalue weighted by Gasteiger charge is -2.48. The molecule has 0 amide bonds. The van der Waals surface area contributed by atoms with Crippen LogP contribution in [0.1, 0.15) is 23.7 Å². The maximum absolute atomic E-state index is 11.0. The summed E-state index contributed by atoms with van der Waals surface area (Å²) in [5, 5.41) is 11.0. The van der Waals surface area contributed by atoms with Crippen LogP contribution < -0.4 is 0 Å². The second kappa shape index (κ2) is 5.93. The van der Waals surface area contributed by atoms with Crippen LogP contribution in [0.25, 0.3) is 0 Å². The normalized spacial score (nSPS) is 24.7. The summed E-state index contributed by atoms with van der Waals surface area (Å²) < 4.78 is 6.13. The van der Waals surface area contributed by atoms with Crippen LogP contribution >= 0.6 is 0 Å². The second-order valence-electron chi connectivity index (χ2n) is 5.37. The van der Waals surface area contributed by atoms with E-state index in [-0.39, 0.29) is 0 Å². The van der Waals surface area contributed by atoms with Gasteiger partial charge in [0.2, 0.25) is 0 Å². The summed E-state index contributed by atoms with van der Waals surface area (Å²) in [5.74, 6) is 0. The number of rotatable bonds is 3. The molecule has 0 spiro atoms. The lowest BCUT2D eigenvalue weighted by Crippen LogP contribution is -2.54. The zero-order valence-corrected chi connectivity index (χ0v) is 12.1. The molecule has 4 nitrogen and oxygen atoms in total. The first-order chi connectivity index (χ1) is 10.2. The summed E-state index contributed by atoms with van der Waals surface area (Å²) in [6, 6.07) is 13.5. The predicted molar refractivity (Wildman–Crippen MR) is 80.5 cm³/mol. The fraction of sp³-hybridized carbons (Fsp3) is 0.353. The number of aliphatic hydroxyl groups is 1. The van der Waals surface area contributed by atoms with E-state index in [0.717, 1.165) is 24.1 Å². The molecule has 1 aliphatic heterocycles. The Bertz CT molecular complexity index is 576. The van der Waals surface area contributed by atoms with Crippen LogP contribution in [0.3, 0.4) is 0 Å². The highest BCUT2D eigenvalue weighted by molar-refractivity contribution is 5.28. The zero-order valence-electron chi connectivity index (χ0n) is 12.1. The summed E-state index contributed by atoms with van der Waals surface area (Å²) in [7, 11) is 1.99. The van der Waals surface area contributed by atoms with Gasteiger partial charge in [0, 0.05) is 24.5 Å². The smallest absolute Gasteiger partial charge is 0.177 e. The molecule has 2 unspecified atom stereocenters. The summed E-state index contributed by atoms with van der Waals surface area (Å²) in [6.45, 7) is 1.52. The average Bonchev–Trinajstić information content (AvgIpc) is 2.56. The van der Waals surface area contributed by atoms with Gasteiger partial charge in [-0.15, -0.1) is 0 Å². The first-order valence-corrected chi connectivity index (χ1v) is 7.24. The minimum atomic E-state index is -0.859. The van der Waals surface area contributed by atoms with E-state index in [2.05, 4.69) is 9.88 Å². The molecule has 0 radical (unpaired) electrons. The molecule has 1 aromatic carbocycles. The molecule has 1 aliphatic rings. The minimum absolute atomic E-state index is 0.635. The Hall–Kier alpha value is -1.75. The Morgan fingerprint density at radius 2 is 1.90 bits per heavy atom. The van der Waals surface area contributed by atoms with E-state index in [9.17, 15) is 5.11 Å². The fourth-order valence-corrected chi connectivity index (χ4v) is 3.01. The van der Waals surface area contributed by atoms with Crippen molar-refractivity contribution < 1.29 is 9.84 Å². The predicted octanol–water partition coefficient (Wildman–Crippen LogP) is 2.32. The van der Waals surface area contributed by atoms with Gasteiger partial charge in [-0.1, -0.05) is 30.3 Å². The summed E-state index contributed by atoms with van der Waals surface area (Å²) >= 11 is 0.